The Balaban J connectivity index is 2.56. The van der Waals surface area contributed by atoms with Crippen molar-refractivity contribution in [3.8, 4) is 5.75 Å². The van der Waals surface area contributed by atoms with Gasteiger partial charge in [-0.15, -0.1) is 0 Å². The lowest BCUT2D eigenvalue weighted by Crippen LogP contribution is -2.22. The lowest BCUT2D eigenvalue weighted by Gasteiger charge is -2.10. The predicted octanol–water partition coefficient (Wildman–Crippen LogP) is 3.26. The number of hydrogen-bond acceptors (Lipinski definition) is 2. The largest absolute Gasteiger partial charge is 0.496 e. The van der Waals surface area contributed by atoms with Crippen molar-refractivity contribution in [1.29, 1.82) is 0 Å². The van der Waals surface area contributed by atoms with Gasteiger partial charge in [0.05, 0.1) is 7.11 Å². The average Bonchev–Trinajstić information content (AvgIpc) is 2.34. The van der Waals surface area contributed by atoms with E-state index in [1.54, 1.807) is 7.11 Å². The molecule has 0 aliphatic heterocycles. The maximum atomic E-state index is 11.5. The molecule has 0 aliphatic carbocycles. The van der Waals surface area contributed by atoms with Gasteiger partial charge in [0.1, 0.15) is 5.75 Å². The van der Waals surface area contributed by atoms with Crippen LogP contribution in [-0.2, 0) is 11.3 Å². The average molecular weight is 300 g/mol. The van der Waals surface area contributed by atoms with Gasteiger partial charge in [0, 0.05) is 23.0 Å². The molecule has 0 spiro atoms. The topological polar surface area (TPSA) is 38.3 Å². The van der Waals surface area contributed by atoms with Crippen molar-refractivity contribution in [3.05, 3.63) is 28.2 Å². The second kappa shape index (κ2) is 7.33. The molecular weight excluding hydrogens is 282 g/mol. The number of halogens is 1. The van der Waals surface area contributed by atoms with Gasteiger partial charge in [0.25, 0.3) is 0 Å². The minimum absolute atomic E-state index is 0.0916. The van der Waals surface area contributed by atoms with Crippen LogP contribution in [0.4, 0.5) is 0 Å². The molecule has 0 aromatic heterocycles. The molecule has 1 aromatic rings. The zero-order valence-electron chi connectivity index (χ0n) is 10.3. The summed E-state index contributed by atoms with van der Waals surface area (Å²) in [5.41, 5.74) is 0.978. The summed E-state index contributed by atoms with van der Waals surface area (Å²) >= 11 is 3.41. The van der Waals surface area contributed by atoms with Crippen LogP contribution < -0.4 is 10.1 Å². The molecule has 0 heterocycles. The van der Waals surface area contributed by atoms with E-state index in [-0.39, 0.29) is 5.91 Å². The summed E-state index contributed by atoms with van der Waals surface area (Å²) in [7, 11) is 1.63. The van der Waals surface area contributed by atoms with Gasteiger partial charge < -0.3 is 10.1 Å². The third kappa shape index (κ3) is 4.77. The van der Waals surface area contributed by atoms with Gasteiger partial charge in [-0.2, -0.15) is 0 Å². The van der Waals surface area contributed by atoms with Crippen molar-refractivity contribution in [3.63, 3.8) is 0 Å². The van der Waals surface area contributed by atoms with Crippen LogP contribution in [0.2, 0.25) is 0 Å². The SMILES string of the molecule is CCCCC(=O)NCc1cc(Br)ccc1OC. The van der Waals surface area contributed by atoms with E-state index in [2.05, 4.69) is 28.2 Å². The number of nitrogens with one attached hydrogen (secondary N) is 1. The van der Waals surface area contributed by atoms with Crippen molar-refractivity contribution >= 4 is 21.8 Å². The third-order valence-electron chi connectivity index (χ3n) is 2.48. The van der Waals surface area contributed by atoms with Crippen molar-refractivity contribution in [2.75, 3.05) is 7.11 Å². The number of carbonyl (C=O) groups is 1. The molecule has 17 heavy (non-hydrogen) atoms. The number of carbonyl (C=O) groups excluding carboxylic acids is 1. The summed E-state index contributed by atoms with van der Waals surface area (Å²) in [5, 5.41) is 2.90. The number of amides is 1. The first-order valence-electron chi connectivity index (χ1n) is 5.76. The molecule has 0 saturated carbocycles. The Bertz CT molecular complexity index is 380. The highest BCUT2D eigenvalue weighted by atomic mass is 79.9. The number of benzene rings is 1. The summed E-state index contributed by atoms with van der Waals surface area (Å²) in [6, 6.07) is 5.76. The fourth-order valence-electron chi connectivity index (χ4n) is 1.50. The van der Waals surface area contributed by atoms with Gasteiger partial charge in [-0.05, 0) is 24.6 Å². The number of unbranched alkanes of at least 4 members (excludes halogenated alkanes) is 1. The molecule has 1 aromatic carbocycles. The maximum Gasteiger partial charge on any atom is 0.220 e. The molecule has 1 N–H and O–H groups in total. The van der Waals surface area contributed by atoms with E-state index in [1.807, 2.05) is 18.2 Å². The van der Waals surface area contributed by atoms with Crippen LogP contribution in [0.1, 0.15) is 31.7 Å². The number of ether oxygens (including phenoxy) is 1. The van der Waals surface area contributed by atoms with Crippen molar-refractivity contribution in [2.24, 2.45) is 0 Å². The number of rotatable bonds is 6. The molecule has 3 nitrogen and oxygen atoms in total. The van der Waals surface area contributed by atoms with Gasteiger partial charge in [-0.3, -0.25) is 4.79 Å². The lowest BCUT2D eigenvalue weighted by molar-refractivity contribution is -0.121. The van der Waals surface area contributed by atoms with Crippen LogP contribution in [0, 0.1) is 0 Å². The van der Waals surface area contributed by atoms with E-state index in [0.29, 0.717) is 13.0 Å². The summed E-state index contributed by atoms with van der Waals surface area (Å²) < 4.78 is 6.22. The highest BCUT2D eigenvalue weighted by Gasteiger charge is 2.05. The summed E-state index contributed by atoms with van der Waals surface area (Å²) in [4.78, 5) is 11.5. The Kier molecular flexibility index (Phi) is 6.05. The quantitative estimate of drug-likeness (QED) is 0.875. The Morgan fingerprint density at radius 1 is 1.47 bits per heavy atom. The predicted molar refractivity (Wildman–Crippen MR) is 72.1 cm³/mol. The van der Waals surface area contributed by atoms with E-state index in [0.717, 1.165) is 28.6 Å². The van der Waals surface area contributed by atoms with E-state index in [4.69, 9.17) is 4.74 Å². The van der Waals surface area contributed by atoms with Crippen LogP contribution in [0.3, 0.4) is 0 Å². The standard InChI is InChI=1S/C13H18BrNO2/c1-3-4-5-13(16)15-9-10-8-11(14)6-7-12(10)17-2/h6-8H,3-5,9H2,1-2H3,(H,15,16). The molecule has 0 bridgehead atoms. The smallest absolute Gasteiger partial charge is 0.220 e. The van der Waals surface area contributed by atoms with Crippen LogP contribution in [0.5, 0.6) is 5.75 Å². The monoisotopic (exact) mass is 299 g/mol. The number of methoxy groups -OCH3 is 1. The van der Waals surface area contributed by atoms with Crippen molar-refractivity contribution in [2.45, 2.75) is 32.7 Å². The van der Waals surface area contributed by atoms with Gasteiger partial charge in [0.15, 0.2) is 0 Å². The summed E-state index contributed by atoms with van der Waals surface area (Å²) in [6.45, 7) is 2.58. The van der Waals surface area contributed by atoms with E-state index < -0.39 is 0 Å². The van der Waals surface area contributed by atoms with Crippen LogP contribution in [0.25, 0.3) is 0 Å². The first kappa shape index (κ1) is 14.0. The first-order chi connectivity index (χ1) is 8.17. The molecule has 1 amide bonds. The van der Waals surface area contributed by atoms with Gasteiger partial charge >= 0.3 is 0 Å². The Labute approximate surface area is 111 Å². The molecule has 4 heteroatoms. The molecule has 0 radical (unpaired) electrons. The van der Waals surface area contributed by atoms with E-state index >= 15 is 0 Å². The highest BCUT2D eigenvalue weighted by molar-refractivity contribution is 9.10. The fourth-order valence-corrected chi connectivity index (χ4v) is 1.91. The maximum absolute atomic E-state index is 11.5. The highest BCUT2D eigenvalue weighted by Crippen LogP contribution is 2.22. The molecule has 0 saturated heterocycles. The zero-order valence-corrected chi connectivity index (χ0v) is 11.8. The van der Waals surface area contributed by atoms with Crippen LogP contribution in [0.15, 0.2) is 22.7 Å². The second-order valence-electron chi connectivity index (χ2n) is 3.84. The summed E-state index contributed by atoms with van der Waals surface area (Å²) in [5.74, 6) is 0.887. The Morgan fingerprint density at radius 2 is 2.24 bits per heavy atom. The molecule has 0 aliphatic rings. The Hall–Kier alpha value is -1.03. The second-order valence-corrected chi connectivity index (χ2v) is 4.75. The minimum atomic E-state index is 0.0916. The first-order valence-corrected chi connectivity index (χ1v) is 6.55. The lowest BCUT2D eigenvalue weighted by atomic mass is 10.2. The van der Waals surface area contributed by atoms with Gasteiger partial charge in [0.2, 0.25) is 5.91 Å². The molecule has 94 valence electrons. The minimum Gasteiger partial charge on any atom is -0.496 e. The third-order valence-corrected chi connectivity index (χ3v) is 2.97. The fraction of sp³-hybridized carbons (Fsp3) is 0.462. The molecule has 0 atom stereocenters. The molecule has 1 rings (SSSR count). The summed E-state index contributed by atoms with van der Waals surface area (Å²) in [6.07, 6.45) is 2.56. The number of hydrogen-bond donors (Lipinski definition) is 1. The Morgan fingerprint density at radius 3 is 2.88 bits per heavy atom. The van der Waals surface area contributed by atoms with Crippen molar-refractivity contribution < 1.29 is 9.53 Å². The molecule has 0 unspecified atom stereocenters. The van der Waals surface area contributed by atoms with Crippen molar-refractivity contribution in [1.82, 2.24) is 5.32 Å². The normalized spacial score (nSPS) is 10.1. The van der Waals surface area contributed by atoms with Gasteiger partial charge in [-0.1, -0.05) is 29.3 Å². The molecule has 0 fully saturated rings. The van der Waals surface area contributed by atoms with E-state index in [1.165, 1.54) is 0 Å². The van der Waals surface area contributed by atoms with Gasteiger partial charge in [-0.25, -0.2) is 0 Å². The van der Waals surface area contributed by atoms with Crippen LogP contribution in [-0.4, -0.2) is 13.0 Å². The van der Waals surface area contributed by atoms with E-state index in [9.17, 15) is 4.79 Å². The molecular formula is C13H18BrNO2. The van der Waals surface area contributed by atoms with Crippen LogP contribution >= 0.6 is 15.9 Å². The zero-order chi connectivity index (χ0) is 12.7.